The minimum Gasteiger partial charge on any atom is -0.280 e. The molecule has 1 heterocycles. The molecule has 3 aromatic rings. The summed E-state index contributed by atoms with van der Waals surface area (Å²) >= 11 is 8.50. The second-order valence-electron chi connectivity index (χ2n) is 4.64. The normalized spacial score (nSPS) is 10.6. The lowest BCUT2D eigenvalue weighted by molar-refractivity contribution is 0.109. The van der Waals surface area contributed by atoms with Crippen LogP contribution in [0.1, 0.15) is 15.4 Å². The highest BCUT2D eigenvalue weighted by Crippen LogP contribution is 2.32. The fraction of sp³-hybridized carbons (Fsp3) is 0.0588. The Morgan fingerprint density at radius 1 is 1.09 bits per heavy atom. The van der Waals surface area contributed by atoms with Crippen LogP contribution in [-0.4, -0.2) is 10.1 Å². The van der Waals surface area contributed by atoms with Crippen LogP contribution in [0.5, 0.6) is 0 Å². The number of thioether (sulfide) groups is 1. The van der Waals surface area contributed by atoms with E-state index in [9.17, 15) is 4.79 Å². The van der Waals surface area contributed by atoms with Crippen LogP contribution in [0.4, 0.5) is 0 Å². The van der Waals surface area contributed by atoms with Crippen LogP contribution in [0, 0.1) is 6.92 Å². The van der Waals surface area contributed by atoms with Gasteiger partial charge in [-0.25, -0.2) is 4.98 Å². The van der Waals surface area contributed by atoms with Crippen LogP contribution < -0.4 is 0 Å². The minimum absolute atomic E-state index is 0.0134. The van der Waals surface area contributed by atoms with Gasteiger partial charge < -0.3 is 0 Å². The average Bonchev–Trinajstić information content (AvgIpc) is 2.92. The molecule has 2 nitrogen and oxygen atoms in total. The van der Waals surface area contributed by atoms with Gasteiger partial charge in [0, 0.05) is 15.5 Å². The molecule has 0 saturated carbocycles. The van der Waals surface area contributed by atoms with Crippen molar-refractivity contribution in [1.82, 2.24) is 4.98 Å². The average molecular weight is 346 g/mol. The van der Waals surface area contributed by atoms with Crippen molar-refractivity contribution in [2.45, 2.75) is 11.8 Å². The number of aromatic nitrogens is 1. The van der Waals surface area contributed by atoms with Gasteiger partial charge in [0.25, 0.3) is 0 Å². The maximum Gasteiger partial charge on any atom is 0.235 e. The van der Waals surface area contributed by atoms with Gasteiger partial charge >= 0.3 is 0 Å². The summed E-state index contributed by atoms with van der Waals surface area (Å²) in [5, 5.41) is 1.55. The van der Waals surface area contributed by atoms with Crippen molar-refractivity contribution < 1.29 is 4.79 Å². The number of hydrogen-bond acceptors (Lipinski definition) is 4. The van der Waals surface area contributed by atoms with Gasteiger partial charge in [0.2, 0.25) is 5.12 Å². The van der Waals surface area contributed by atoms with E-state index in [-0.39, 0.29) is 5.12 Å². The zero-order chi connectivity index (χ0) is 15.5. The van der Waals surface area contributed by atoms with Crippen molar-refractivity contribution in [3.05, 3.63) is 70.2 Å². The van der Waals surface area contributed by atoms with E-state index >= 15 is 0 Å². The summed E-state index contributed by atoms with van der Waals surface area (Å²) in [6.07, 6.45) is 0. The first-order chi connectivity index (χ1) is 10.6. The summed E-state index contributed by atoms with van der Waals surface area (Å²) in [6.45, 7) is 1.87. The van der Waals surface area contributed by atoms with Crippen LogP contribution in [0.3, 0.4) is 0 Å². The number of nitrogens with zero attached hydrogens (tertiary/aromatic N) is 1. The third kappa shape index (κ3) is 3.40. The zero-order valence-electron chi connectivity index (χ0n) is 11.7. The molecule has 0 amide bonds. The minimum atomic E-state index is 0.0134. The Morgan fingerprint density at radius 2 is 1.77 bits per heavy atom. The Labute approximate surface area is 142 Å². The van der Waals surface area contributed by atoms with Crippen molar-refractivity contribution in [2.24, 2.45) is 0 Å². The van der Waals surface area contributed by atoms with Gasteiger partial charge in [0.15, 0.2) is 0 Å². The van der Waals surface area contributed by atoms with E-state index in [0.717, 1.165) is 21.2 Å². The van der Waals surface area contributed by atoms with Gasteiger partial charge in [-0.15, -0.1) is 11.3 Å². The molecule has 1 aromatic heterocycles. The topological polar surface area (TPSA) is 30.0 Å². The van der Waals surface area contributed by atoms with Crippen LogP contribution in [-0.2, 0) is 0 Å². The maximum absolute atomic E-state index is 12.5. The van der Waals surface area contributed by atoms with E-state index in [1.54, 1.807) is 12.1 Å². The molecular formula is C17H12ClNOS2. The summed E-state index contributed by atoms with van der Waals surface area (Å²) in [5.41, 5.74) is 1.81. The highest BCUT2D eigenvalue weighted by molar-refractivity contribution is 8.14. The summed E-state index contributed by atoms with van der Waals surface area (Å²) in [6, 6.07) is 17.2. The van der Waals surface area contributed by atoms with Gasteiger partial charge in [-0.05, 0) is 43.0 Å². The van der Waals surface area contributed by atoms with E-state index in [4.69, 9.17) is 11.6 Å². The Kier molecular flexibility index (Phi) is 4.62. The molecule has 0 saturated heterocycles. The summed E-state index contributed by atoms with van der Waals surface area (Å²) < 4.78 is 0. The number of rotatable bonds is 3. The third-order valence-electron chi connectivity index (χ3n) is 3.03. The van der Waals surface area contributed by atoms with E-state index in [2.05, 4.69) is 4.98 Å². The van der Waals surface area contributed by atoms with E-state index in [0.29, 0.717) is 9.90 Å². The second-order valence-corrected chi connectivity index (χ2v) is 7.12. The first-order valence-electron chi connectivity index (χ1n) is 6.64. The van der Waals surface area contributed by atoms with E-state index in [1.165, 1.54) is 23.1 Å². The van der Waals surface area contributed by atoms with Gasteiger partial charge in [-0.3, -0.25) is 4.79 Å². The standard InChI is InChI=1S/C17H12ClNOS2/c1-11-15(17(20)21-14-9-7-13(18)8-10-14)22-16(19-11)12-5-3-2-4-6-12/h2-10H,1H3. The molecule has 0 aliphatic heterocycles. The lowest BCUT2D eigenvalue weighted by atomic mass is 10.2. The molecule has 0 N–H and O–H groups in total. The van der Waals surface area contributed by atoms with Crippen molar-refractivity contribution in [2.75, 3.05) is 0 Å². The SMILES string of the molecule is Cc1nc(-c2ccccc2)sc1C(=O)Sc1ccc(Cl)cc1. The number of halogens is 1. The first-order valence-corrected chi connectivity index (χ1v) is 8.65. The quantitative estimate of drug-likeness (QED) is 0.570. The van der Waals surface area contributed by atoms with E-state index < -0.39 is 0 Å². The zero-order valence-corrected chi connectivity index (χ0v) is 14.1. The molecule has 0 fully saturated rings. The molecule has 0 atom stereocenters. The number of thiazole rings is 1. The van der Waals surface area contributed by atoms with Gasteiger partial charge in [0.05, 0.1) is 5.69 Å². The first kappa shape index (κ1) is 15.3. The van der Waals surface area contributed by atoms with Crippen LogP contribution in [0.2, 0.25) is 5.02 Å². The van der Waals surface area contributed by atoms with Gasteiger partial charge in [0.1, 0.15) is 9.88 Å². The largest absolute Gasteiger partial charge is 0.280 e. The van der Waals surface area contributed by atoms with Crippen molar-refractivity contribution in [1.29, 1.82) is 0 Å². The molecule has 0 aliphatic rings. The lowest BCUT2D eigenvalue weighted by Gasteiger charge is -1.99. The molecule has 0 unspecified atom stereocenters. The maximum atomic E-state index is 12.5. The fourth-order valence-electron chi connectivity index (χ4n) is 1.95. The Hall–Kier alpha value is -1.62. The van der Waals surface area contributed by atoms with Crippen LogP contribution >= 0.6 is 34.7 Å². The van der Waals surface area contributed by atoms with Crippen molar-refractivity contribution in [3.8, 4) is 10.6 Å². The third-order valence-corrected chi connectivity index (χ3v) is 5.51. The molecule has 0 radical (unpaired) electrons. The monoisotopic (exact) mass is 345 g/mol. The predicted octanol–water partition coefficient (Wildman–Crippen LogP) is 5.70. The molecular weight excluding hydrogens is 334 g/mol. The number of carbonyl (C=O) groups is 1. The molecule has 2 aromatic carbocycles. The van der Waals surface area contributed by atoms with Crippen LogP contribution in [0.25, 0.3) is 10.6 Å². The fourth-order valence-corrected chi connectivity index (χ4v) is 3.96. The number of aryl methyl sites for hydroxylation is 1. The highest BCUT2D eigenvalue weighted by atomic mass is 35.5. The number of benzene rings is 2. The summed E-state index contributed by atoms with van der Waals surface area (Å²) in [5.74, 6) is 0. The highest BCUT2D eigenvalue weighted by Gasteiger charge is 2.17. The van der Waals surface area contributed by atoms with Crippen molar-refractivity contribution in [3.63, 3.8) is 0 Å². The molecule has 3 rings (SSSR count). The summed E-state index contributed by atoms with van der Waals surface area (Å²) in [7, 11) is 0. The van der Waals surface area contributed by atoms with E-state index in [1.807, 2.05) is 49.4 Å². The van der Waals surface area contributed by atoms with Crippen LogP contribution in [0.15, 0.2) is 59.5 Å². The Balaban J connectivity index is 1.84. The van der Waals surface area contributed by atoms with Gasteiger partial charge in [-0.2, -0.15) is 0 Å². The number of hydrogen-bond donors (Lipinski definition) is 0. The molecule has 5 heteroatoms. The molecule has 0 spiro atoms. The predicted molar refractivity (Wildman–Crippen MR) is 93.9 cm³/mol. The number of carbonyl (C=O) groups excluding carboxylic acids is 1. The Bertz CT molecular complexity index is 797. The molecule has 0 aliphatic carbocycles. The smallest absolute Gasteiger partial charge is 0.235 e. The summed E-state index contributed by atoms with van der Waals surface area (Å²) in [4.78, 5) is 18.6. The van der Waals surface area contributed by atoms with Crippen molar-refractivity contribution >= 4 is 39.8 Å². The molecule has 110 valence electrons. The second kappa shape index (κ2) is 6.65. The lowest BCUT2D eigenvalue weighted by Crippen LogP contribution is -1.92. The Morgan fingerprint density at radius 3 is 2.45 bits per heavy atom. The molecule has 22 heavy (non-hydrogen) atoms. The molecule has 0 bridgehead atoms. The van der Waals surface area contributed by atoms with Gasteiger partial charge in [-0.1, -0.05) is 41.9 Å².